The van der Waals surface area contributed by atoms with Crippen molar-refractivity contribution < 1.29 is 4.42 Å². The van der Waals surface area contributed by atoms with Crippen molar-refractivity contribution in [1.29, 1.82) is 5.26 Å². The Labute approximate surface area is 75.3 Å². The van der Waals surface area contributed by atoms with Gasteiger partial charge in [-0.05, 0) is 23.8 Å². The van der Waals surface area contributed by atoms with Crippen molar-refractivity contribution in [3.8, 4) is 17.2 Å². The average Bonchev–Trinajstić information content (AvgIpc) is 2.71. The standard InChI is InChI=1S/C10H6N2O/c11-6-10-5-8(1-3-12-10)9-2-4-13-7-9/h1-5,7H. The molecule has 2 aromatic heterocycles. The maximum atomic E-state index is 8.62. The molecule has 0 fully saturated rings. The summed E-state index contributed by atoms with van der Waals surface area (Å²) in [6, 6.07) is 7.40. The Morgan fingerprint density at radius 3 is 2.92 bits per heavy atom. The molecular weight excluding hydrogens is 164 g/mol. The van der Waals surface area contributed by atoms with Crippen LogP contribution in [0, 0.1) is 11.3 Å². The quantitative estimate of drug-likeness (QED) is 0.659. The van der Waals surface area contributed by atoms with Crippen LogP contribution in [0.2, 0.25) is 0 Å². The molecule has 3 heteroatoms. The second-order valence-corrected chi connectivity index (χ2v) is 2.55. The van der Waals surface area contributed by atoms with Crippen molar-refractivity contribution in [2.45, 2.75) is 0 Å². The first-order valence-electron chi connectivity index (χ1n) is 3.79. The molecule has 0 radical (unpaired) electrons. The minimum Gasteiger partial charge on any atom is -0.472 e. The average molecular weight is 170 g/mol. The summed E-state index contributed by atoms with van der Waals surface area (Å²) in [7, 11) is 0. The predicted molar refractivity (Wildman–Crippen MR) is 46.7 cm³/mol. The summed E-state index contributed by atoms with van der Waals surface area (Å²) in [6.45, 7) is 0. The molecule has 0 unspecified atom stereocenters. The number of hydrogen-bond acceptors (Lipinski definition) is 3. The van der Waals surface area contributed by atoms with Gasteiger partial charge in [-0.25, -0.2) is 4.98 Å². The fraction of sp³-hybridized carbons (Fsp3) is 0. The van der Waals surface area contributed by atoms with Crippen LogP contribution < -0.4 is 0 Å². The van der Waals surface area contributed by atoms with Crippen LogP contribution in [0.1, 0.15) is 5.69 Å². The van der Waals surface area contributed by atoms with Gasteiger partial charge in [0, 0.05) is 11.8 Å². The molecule has 0 aromatic carbocycles. The molecule has 0 bridgehead atoms. The van der Waals surface area contributed by atoms with Gasteiger partial charge in [0.15, 0.2) is 0 Å². The van der Waals surface area contributed by atoms with Gasteiger partial charge in [0.05, 0.1) is 12.5 Å². The fourth-order valence-electron chi connectivity index (χ4n) is 1.10. The molecular formula is C10H6N2O. The van der Waals surface area contributed by atoms with E-state index in [2.05, 4.69) is 4.98 Å². The van der Waals surface area contributed by atoms with E-state index in [1.54, 1.807) is 24.8 Å². The summed E-state index contributed by atoms with van der Waals surface area (Å²) < 4.78 is 4.94. The van der Waals surface area contributed by atoms with Crippen LogP contribution in [0.5, 0.6) is 0 Å². The smallest absolute Gasteiger partial charge is 0.141 e. The number of hydrogen-bond donors (Lipinski definition) is 0. The van der Waals surface area contributed by atoms with Crippen LogP contribution in [0.15, 0.2) is 41.3 Å². The van der Waals surface area contributed by atoms with E-state index in [-0.39, 0.29) is 0 Å². The van der Waals surface area contributed by atoms with E-state index in [1.807, 2.05) is 18.2 Å². The first-order valence-corrected chi connectivity index (χ1v) is 3.79. The van der Waals surface area contributed by atoms with Gasteiger partial charge in [-0.1, -0.05) is 0 Å². The van der Waals surface area contributed by atoms with Crippen molar-refractivity contribution in [1.82, 2.24) is 4.98 Å². The second-order valence-electron chi connectivity index (χ2n) is 2.55. The number of nitrogens with zero attached hydrogens (tertiary/aromatic N) is 2. The molecule has 0 saturated heterocycles. The van der Waals surface area contributed by atoms with Crippen molar-refractivity contribution in [3.63, 3.8) is 0 Å². The number of rotatable bonds is 1. The first-order chi connectivity index (χ1) is 6.40. The summed E-state index contributed by atoms with van der Waals surface area (Å²) in [5, 5.41) is 8.62. The van der Waals surface area contributed by atoms with E-state index in [0.717, 1.165) is 11.1 Å². The van der Waals surface area contributed by atoms with E-state index >= 15 is 0 Å². The van der Waals surface area contributed by atoms with Crippen LogP contribution >= 0.6 is 0 Å². The minimum absolute atomic E-state index is 0.415. The molecule has 2 aromatic rings. The number of nitriles is 1. The summed E-state index contributed by atoms with van der Waals surface area (Å²) >= 11 is 0. The Balaban J connectivity index is 2.49. The van der Waals surface area contributed by atoms with Gasteiger partial charge >= 0.3 is 0 Å². The molecule has 0 aliphatic heterocycles. The van der Waals surface area contributed by atoms with Crippen LogP contribution in [-0.2, 0) is 0 Å². The van der Waals surface area contributed by atoms with E-state index in [0.29, 0.717) is 5.69 Å². The number of pyridine rings is 1. The van der Waals surface area contributed by atoms with Gasteiger partial charge in [0.25, 0.3) is 0 Å². The zero-order valence-corrected chi connectivity index (χ0v) is 6.77. The molecule has 2 heterocycles. The molecule has 13 heavy (non-hydrogen) atoms. The molecule has 0 aliphatic rings. The van der Waals surface area contributed by atoms with Gasteiger partial charge in [0.1, 0.15) is 11.8 Å². The lowest BCUT2D eigenvalue weighted by Crippen LogP contribution is -1.81. The molecule has 0 atom stereocenters. The maximum Gasteiger partial charge on any atom is 0.141 e. The lowest BCUT2D eigenvalue weighted by atomic mass is 10.1. The van der Waals surface area contributed by atoms with Crippen molar-refractivity contribution in [2.75, 3.05) is 0 Å². The van der Waals surface area contributed by atoms with E-state index < -0.39 is 0 Å². The van der Waals surface area contributed by atoms with E-state index in [4.69, 9.17) is 9.68 Å². The molecule has 2 rings (SSSR count). The Bertz CT molecular complexity index is 440. The summed E-state index contributed by atoms with van der Waals surface area (Å²) in [5.41, 5.74) is 2.32. The molecule has 0 aliphatic carbocycles. The Morgan fingerprint density at radius 2 is 2.23 bits per heavy atom. The summed E-state index contributed by atoms with van der Waals surface area (Å²) in [6.07, 6.45) is 4.85. The van der Waals surface area contributed by atoms with Crippen molar-refractivity contribution >= 4 is 0 Å². The molecule has 0 spiro atoms. The van der Waals surface area contributed by atoms with Crippen LogP contribution in [0.25, 0.3) is 11.1 Å². The topological polar surface area (TPSA) is 49.8 Å². The van der Waals surface area contributed by atoms with Crippen LogP contribution in [-0.4, -0.2) is 4.98 Å². The Morgan fingerprint density at radius 1 is 1.31 bits per heavy atom. The maximum absolute atomic E-state index is 8.62. The Kier molecular flexibility index (Phi) is 1.81. The first kappa shape index (κ1) is 7.56. The summed E-state index contributed by atoms with van der Waals surface area (Å²) in [4.78, 5) is 3.88. The number of furan rings is 1. The normalized spacial score (nSPS) is 9.46. The monoisotopic (exact) mass is 170 g/mol. The summed E-state index contributed by atoms with van der Waals surface area (Å²) in [5.74, 6) is 0. The third kappa shape index (κ3) is 1.42. The largest absolute Gasteiger partial charge is 0.472 e. The van der Waals surface area contributed by atoms with E-state index in [1.165, 1.54) is 0 Å². The fourth-order valence-corrected chi connectivity index (χ4v) is 1.10. The van der Waals surface area contributed by atoms with Crippen LogP contribution in [0.3, 0.4) is 0 Å². The van der Waals surface area contributed by atoms with Crippen molar-refractivity contribution in [3.05, 3.63) is 42.6 Å². The molecule has 0 amide bonds. The number of aromatic nitrogens is 1. The zero-order chi connectivity index (χ0) is 9.10. The third-order valence-electron chi connectivity index (χ3n) is 1.73. The Hall–Kier alpha value is -2.08. The van der Waals surface area contributed by atoms with Crippen LogP contribution in [0.4, 0.5) is 0 Å². The molecule has 0 N–H and O–H groups in total. The van der Waals surface area contributed by atoms with Crippen molar-refractivity contribution in [2.24, 2.45) is 0 Å². The highest BCUT2D eigenvalue weighted by molar-refractivity contribution is 5.62. The SMILES string of the molecule is N#Cc1cc(-c2ccoc2)ccn1. The lowest BCUT2D eigenvalue weighted by Gasteiger charge is -1.94. The van der Waals surface area contributed by atoms with Gasteiger partial charge in [-0.2, -0.15) is 5.26 Å². The zero-order valence-electron chi connectivity index (χ0n) is 6.77. The highest BCUT2D eigenvalue weighted by atomic mass is 16.3. The van der Waals surface area contributed by atoms with Gasteiger partial charge in [0.2, 0.25) is 0 Å². The molecule has 62 valence electrons. The predicted octanol–water partition coefficient (Wildman–Crippen LogP) is 2.21. The van der Waals surface area contributed by atoms with E-state index in [9.17, 15) is 0 Å². The van der Waals surface area contributed by atoms with Gasteiger partial charge in [-0.15, -0.1) is 0 Å². The molecule has 0 saturated carbocycles. The minimum atomic E-state index is 0.415. The van der Waals surface area contributed by atoms with Gasteiger partial charge in [-0.3, -0.25) is 0 Å². The molecule has 3 nitrogen and oxygen atoms in total. The third-order valence-corrected chi connectivity index (χ3v) is 1.73. The lowest BCUT2D eigenvalue weighted by molar-refractivity contribution is 0.568. The highest BCUT2D eigenvalue weighted by Crippen LogP contribution is 2.19. The second kappa shape index (κ2) is 3.11. The van der Waals surface area contributed by atoms with Gasteiger partial charge < -0.3 is 4.42 Å². The highest BCUT2D eigenvalue weighted by Gasteiger charge is 1.99.